The fraction of sp³-hybridized carbons (Fsp3) is 0.333. The average Bonchev–Trinajstić information content (AvgIpc) is 2.61. The molecule has 5 nitrogen and oxygen atoms in total. The highest BCUT2D eigenvalue weighted by atomic mass is 19.4. The minimum absolute atomic E-state index is 0.0675. The van der Waals surface area contributed by atoms with E-state index in [2.05, 4.69) is 4.90 Å². The second-order valence-corrected chi connectivity index (χ2v) is 6.27. The van der Waals surface area contributed by atoms with Crippen molar-refractivity contribution < 1.29 is 18.0 Å². The van der Waals surface area contributed by atoms with E-state index >= 15 is 0 Å². The third kappa shape index (κ3) is 3.80. The molecule has 1 fully saturated rings. The Kier molecular flexibility index (Phi) is 4.86. The smallest absolute Gasteiger partial charge is 0.336 e. The summed E-state index contributed by atoms with van der Waals surface area (Å²) in [6.07, 6.45) is -3.20. The first kappa shape index (κ1) is 18.2. The van der Waals surface area contributed by atoms with Crippen molar-refractivity contribution in [3.05, 3.63) is 64.1 Å². The maximum Gasteiger partial charge on any atom is 0.416 e. The van der Waals surface area contributed by atoms with Crippen LogP contribution in [0.5, 0.6) is 0 Å². The molecule has 3 rings (SSSR count). The molecule has 1 aromatic carbocycles. The summed E-state index contributed by atoms with van der Waals surface area (Å²) in [6.45, 7) is 2.63. The standard InChI is InChI=1S/C18H18F3N3O2/c1-22-7-9-23(10-8-22)17(26)13-5-6-16(25)24(12-13)15-4-2-3-14(11-15)18(19,20)21/h2-6,11-12H,7-10H2,1H3. The van der Waals surface area contributed by atoms with Gasteiger partial charge in [0.05, 0.1) is 11.1 Å². The minimum Gasteiger partial charge on any atom is -0.336 e. The van der Waals surface area contributed by atoms with Gasteiger partial charge < -0.3 is 9.80 Å². The molecule has 0 bridgehead atoms. The van der Waals surface area contributed by atoms with Crippen molar-refractivity contribution in [3.8, 4) is 5.69 Å². The normalized spacial score (nSPS) is 15.9. The number of alkyl halides is 3. The van der Waals surface area contributed by atoms with Crippen LogP contribution < -0.4 is 5.56 Å². The van der Waals surface area contributed by atoms with Crippen LogP contribution in [0.25, 0.3) is 5.69 Å². The fourth-order valence-electron chi connectivity index (χ4n) is 2.84. The van der Waals surface area contributed by atoms with E-state index in [1.807, 2.05) is 7.05 Å². The van der Waals surface area contributed by atoms with Crippen LogP contribution in [0.15, 0.2) is 47.4 Å². The zero-order chi connectivity index (χ0) is 18.9. The Balaban J connectivity index is 1.94. The Labute approximate surface area is 148 Å². The molecule has 0 unspecified atom stereocenters. The van der Waals surface area contributed by atoms with Gasteiger partial charge in [-0.1, -0.05) is 6.07 Å². The molecule has 2 heterocycles. The highest BCUT2D eigenvalue weighted by Crippen LogP contribution is 2.30. The number of halogens is 3. The van der Waals surface area contributed by atoms with E-state index < -0.39 is 17.3 Å². The molecular formula is C18H18F3N3O2. The second kappa shape index (κ2) is 6.95. The van der Waals surface area contributed by atoms with Gasteiger partial charge in [-0.25, -0.2) is 0 Å². The molecule has 1 aliphatic heterocycles. The van der Waals surface area contributed by atoms with Crippen molar-refractivity contribution in [2.24, 2.45) is 0 Å². The van der Waals surface area contributed by atoms with E-state index in [4.69, 9.17) is 0 Å². The van der Waals surface area contributed by atoms with Crippen LogP contribution in [-0.4, -0.2) is 53.5 Å². The summed E-state index contributed by atoms with van der Waals surface area (Å²) in [4.78, 5) is 28.5. The summed E-state index contributed by atoms with van der Waals surface area (Å²) in [5.41, 5.74) is -1.01. The molecule has 1 aliphatic rings. The van der Waals surface area contributed by atoms with Gasteiger partial charge >= 0.3 is 6.18 Å². The van der Waals surface area contributed by atoms with Gasteiger partial charge in [0.1, 0.15) is 0 Å². The van der Waals surface area contributed by atoms with Crippen LogP contribution in [0.3, 0.4) is 0 Å². The highest BCUT2D eigenvalue weighted by molar-refractivity contribution is 5.94. The second-order valence-electron chi connectivity index (χ2n) is 6.27. The first-order valence-electron chi connectivity index (χ1n) is 8.14. The lowest BCUT2D eigenvalue weighted by molar-refractivity contribution is -0.137. The fourth-order valence-corrected chi connectivity index (χ4v) is 2.84. The maximum absolute atomic E-state index is 12.9. The third-order valence-corrected chi connectivity index (χ3v) is 4.40. The number of pyridine rings is 1. The Hall–Kier alpha value is -2.61. The number of rotatable bonds is 2. The van der Waals surface area contributed by atoms with E-state index in [1.54, 1.807) is 4.90 Å². The number of benzene rings is 1. The molecule has 2 aromatic rings. The van der Waals surface area contributed by atoms with E-state index in [1.165, 1.54) is 30.5 Å². The molecule has 0 saturated carbocycles. The molecule has 1 saturated heterocycles. The first-order valence-corrected chi connectivity index (χ1v) is 8.14. The zero-order valence-electron chi connectivity index (χ0n) is 14.2. The van der Waals surface area contributed by atoms with Crippen molar-refractivity contribution in [2.45, 2.75) is 6.18 Å². The van der Waals surface area contributed by atoms with Gasteiger partial charge in [0, 0.05) is 44.1 Å². The SMILES string of the molecule is CN1CCN(C(=O)c2ccc(=O)n(-c3cccc(C(F)(F)F)c3)c2)CC1. The quantitative estimate of drug-likeness (QED) is 0.820. The number of piperazine rings is 1. The molecule has 1 amide bonds. The summed E-state index contributed by atoms with van der Waals surface area (Å²) in [6, 6.07) is 7.08. The van der Waals surface area contributed by atoms with Crippen molar-refractivity contribution in [1.29, 1.82) is 0 Å². The van der Waals surface area contributed by atoms with Crippen LogP contribution in [-0.2, 0) is 6.18 Å². The van der Waals surface area contributed by atoms with Crippen molar-refractivity contribution in [3.63, 3.8) is 0 Å². The molecule has 0 atom stereocenters. The van der Waals surface area contributed by atoms with Crippen LogP contribution in [0.4, 0.5) is 13.2 Å². The van der Waals surface area contributed by atoms with Crippen LogP contribution in [0.1, 0.15) is 15.9 Å². The molecule has 0 spiro atoms. The van der Waals surface area contributed by atoms with E-state index in [0.29, 0.717) is 13.1 Å². The first-order chi connectivity index (χ1) is 12.3. The van der Waals surface area contributed by atoms with Gasteiger partial charge in [0.25, 0.3) is 11.5 Å². The predicted octanol–water partition coefficient (Wildman–Crippen LogP) is 2.24. The number of carbonyl (C=O) groups excluding carboxylic acids is 1. The number of likely N-dealkylation sites (N-methyl/N-ethyl adjacent to an activating group) is 1. The summed E-state index contributed by atoms with van der Waals surface area (Å²) in [5, 5.41) is 0. The molecule has 0 aliphatic carbocycles. The summed E-state index contributed by atoms with van der Waals surface area (Å²) >= 11 is 0. The number of nitrogens with zero attached hydrogens (tertiary/aromatic N) is 3. The number of hydrogen-bond acceptors (Lipinski definition) is 3. The number of hydrogen-bond donors (Lipinski definition) is 0. The molecule has 26 heavy (non-hydrogen) atoms. The summed E-state index contributed by atoms with van der Waals surface area (Å²) in [7, 11) is 1.97. The molecule has 1 aromatic heterocycles. The third-order valence-electron chi connectivity index (χ3n) is 4.40. The van der Waals surface area contributed by atoms with Crippen LogP contribution in [0, 0.1) is 0 Å². The molecule has 0 N–H and O–H groups in total. The van der Waals surface area contributed by atoms with E-state index in [-0.39, 0.29) is 17.2 Å². The van der Waals surface area contributed by atoms with Gasteiger partial charge in [0.2, 0.25) is 0 Å². The maximum atomic E-state index is 12.9. The predicted molar refractivity (Wildman–Crippen MR) is 90.4 cm³/mol. The highest BCUT2D eigenvalue weighted by Gasteiger charge is 2.30. The Bertz CT molecular complexity index is 868. The lowest BCUT2D eigenvalue weighted by Gasteiger charge is -2.32. The largest absolute Gasteiger partial charge is 0.416 e. The molecule has 138 valence electrons. The molecule has 8 heteroatoms. The van der Waals surface area contributed by atoms with Crippen molar-refractivity contribution in [1.82, 2.24) is 14.4 Å². The lowest BCUT2D eigenvalue weighted by Crippen LogP contribution is -2.47. The van der Waals surface area contributed by atoms with Crippen molar-refractivity contribution in [2.75, 3.05) is 33.2 Å². The summed E-state index contributed by atoms with van der Waals surface area (Å²) in [5.74, 6) is -0.237. The monoisotopic (exact) mass is 365 g/mol. The van der Waals surface area contributed by atoms with Gasteiger partial charge in [-0.15, -0.1) is 0 Å². The molecule has 0 radical (unpaired) electrons. The zero-order valence-corrected chi connectivity index (χ0v) is 14.2. The average molecular weight is 365 g/mol. The van der Waals surface area contributed by atoms with Crippen molar-refractivity contribution >= 4 is 5.91 Å². The van der Waals surface area contributed by atoms with Gasteiger partial charge in [-0.2, -0.15) is 13.2 Å². The molecular weight excluding hydrogens is 347 g/mol. The Morgan fingerprint density at radius 3 is 2.38 bits per heavy atom. The van der Waals surface area contributed by atoms with E-state index in [0.717, 1.165) is 29.8 Å². The van der Waals surface area contributed by atoms with Gasteiger partial charge in [-0.05, 0) is 31.3 Å². The van der Waals surface area contributed by atoms with Crippen LogP contribution >= 0.6 is 0 Å². The minimum atomic E-state index is -4.51. The lowest BCUT2D eigenvalue weighted by atomic mass is 10.1. The topological polar surface area (TPSA) is 45.6 Å². The Morgan fingerprint density at radius 1 is 1.04 bits per heavy atom. The number of aromatic nitrogens is 1. The number of amides is 1. The summed E-state index contributed by atoms with van der Waals surface area (Å²) < 4.78 is 39.8. The van der Waals surface area contributed by atoms with Gasteiger partial charge in [-0.3, -0.25) is 14.2 Å². The Morgan fingerprint density at radius 2 is 1.73 bits per heavy atom. The number of carbonyl (C=O) groups is 1. The van der Waals surface area contributed by atoms with Crippen LogP contribution in [0.2, 0.25) is 0 Å². The van der Waals surface area contributed by atoms with E-state index in [9.17, 15) is 22.8 Å². The van der Waals surface area contributed by atoms with Gasteiger partial charge in [0.15, 0.2) is 0 Å².